The Morgan fingerprint density at radius 2 is 1.86 bits per heavy atom. The molecule has 28 heavy (non-hydrogen) atoms. The number of nitrogens with zero attached hydrogens (tertiary/aromatic N) is 1. The summed E-state index contributed by atoms with van der Waals surface area (Å²) in [7, 11) is 1.61. The second-order valence-corrected chi connectivity index (χ2v) is 7.40. The van der Waals surface area contributed by atoms with Gasteiger partial charge in [-0.3, -0.25) is 4.79 Å². The number of hydrogen-bond acceptors (Lipinski definition) is 4. The van der Waals surface area contributed by atoms with E-state index in [0.717, 1.165) is 32.5 Å². The Kier molecular flexibility index (Phi) is 7.12. The number of carbonyl (C=O) groups excluding carboxylic acids is 1. The first-order valence-electron chi connectivity index (χ1n) is 8.59. The maximum Gasteiger partial charge on any atom is 0.271 e. The molecule has 3 aromatic carbocycles. The van der Waals surface area contributed by atoms with Gasteiger partial charge in [0.15, 0.2) is 0 Å². The Morgan fingerprint density at radius 1 is 1.11 bits per heavy atom. The van der Waals surface area contributed by atoms with Crippen LogP contribution in [-0.2, 0) is 5.75 Å². The third kappa shape index (κ3) is 5.87. The highest BCUT2D eigenvalue weighted by Gasteiger charge is 2.04. The standard InChI is InChI=1S/C22H19ClN2O2S/c1-27-20-4-2-3-17(13-20)14-24-25-22(26)18-7-5-16(6-8-18)15-28-21-11-9-19(23)10-12-21/h2-14H,15H2,1H3,(H,25,26)/b24-14+. The van der Waals surface area contributed by atoms with Crippen molar-refractivity contribution in [3.63, 3.8) is 0 Å². The van der Waals surface area contributed by atoms with Crippen molar-refractivity contribution < 1.29 is 9.53 Å². The van der Waals surface area contributed by atoms with E-state index in [1.807, 2.05) is 60.7 Å². The predicted octanol–water partition coefficient (Wildman–Crippen LogP) is 5.40. The molecule has 0 aliphatic carbocycles. The van der Waals surface area contributed by atoms with Gasteiger partial charge in [-0.1, -0.05) is 35.9 Å². The summed E-state index contributed by atoms with van der Waals surface area (Å²) in [4.78, 5) is 13.4. The van der Waals surface area contributed by atoms with Crippen LogP contribution in [0.1, 0.15) is 21.5 Å². The molecule has 0 saturated carbocycles. The van der Waals surface area contributed by atoms with Gasteiger partial charge in [0.1, 0.15) is 5.75 Å². The summed E-state index contributed by atoms with van der Waals surface area (Å²) in [6, 6.07) is 22.7. The fraction of sp³-hybridized carbons (Fsp3) is 0.0909. The summed E-state index contributed by atoms with van der Waals surface area (Å²) in [5.74, 6) is 1.30. The van der Waals surface area contributed by atoms with Crippen LogP contribution in [-0.4, -0.2) is 19.2 Å². The molecular weight excluding hydrogens is 392 g/mol. The van der Waals surface area contributed by atoms with Crippen molar-refractivity contribution in [1.29, 1.82) is 0 Å². The molecule has 0 spiro atoms. The number of thioether (sulfide) groups is 1. The van der Waals surface area contributed by atoms with Gasteiger partial charge in [-0.2, -0.15) is 5.10 Å². The molecule has 0 aliphatic heterocycles. The van der Waals surface area contributed by atoms with Gasteiger partial charge in [-0.05, 0) is 59.7 Å². The molecule has 3 aromatic rings. The van der Waals surface area contributed by atoms with Gasteiger partial charge in [0.25, 0.3) is 5.91 Å². The average molecular weight is 411 g/mol. The third-order valence-corrected chi connectivity index (χ3v) is 5.24. The molecular formula is C22H19ClN2O2S. The average Bonchev–Trinajstić information content (AvgIpc) is 2.74. The van der Waals surface area contributed by atoms with Crippen LogP contribution in [0.2, 0.25) is 5.02 Å². The summed E-state index contributed by atoms with van der Waals surface area (Å²) in [5.41, 5.74) is 5.08. The topological polar surface area (TPSA) is 50.7 Å². The number of methoxy groups -OCH3 is 1. The molecule has 0 fully saturated rings. The molecule has 6 heteroatoms. The summed E-state index contributed by atoms with van der Waals surface area (Å²) in [5, 5.41) is 4.73. The van der Waals surface area contributed by atoms with E-state index in [-0.39, 0.29) is 5.91 Å². The number of benzene rings is 3. The van der Waals surface area contributed by atoms with E-state index in [1.165, 1.54) is 0 Å². The Hall–Kier alpha value is -2.76. The zero-order valence-electron chi connectivity index (χ0n) is 15.3. The van der Waals surface area contributed by atoms with Gasteiger partial charge in [0, 0.05) is 21.2 Å². The maximum absolute atomic E-state index is 12.2. The fourth-order valence-corrected chi connectivity index (χ4v) is 3.38. The Bertz CT molecular complexity index is 957. The van der Waals surface area contributed by atoms with Crippen LogP contribution < -0.4 is 10.2 Å². The number of nitrogens with one attached hydrogen (secondary N) is 1. The number of hydrazone groups is 1. The molecule has 1 amide bonds. The summed E-state index contributed by atoms with van der Waals surface area (Å²) in [6.45, 7) is 0. The van der Waals surface area contributed by atoms with Gasteiger partial charge in [-0.25, -0.2) is 5.43 Å². The van der Waals surface area contributed by atoms with E-state index in [1.54, 1.807) is 37.2 Å². The first-order chi connectivity index (χ1) is 13.6. The molecule has 0 bridgehead atoms. The molecule has 3 rings (SSSR count). The number of amides is 1. The zero-order valence-corrected chi connectivity index (χ0v) is 16.8. The van der Waals surface area contributed by atoms with Crippen LogP contribution in [0.3, 0.4) is 0 Å². The molecule has 0 radical (unpaired) electrons. The van der Waals surface area contributed by atoms with Crippen LogP contribution in [0.5, 0.6) is 5.75 Å². The maximum atomic E-state index is 12.2. The Labute approximate surface area is 173 Å². The van der Waals surface area contributed by atoms with Crippen LogP contribution >= 0.6 is 23.4 Å². The van der Waals surface area contributed by atoms with E-state index >= 15 is 0 Å². The van der Waals surface area contributed by atoms with Crippen molar-refractivity contribution in [2.75, 3.05) is 7.11 Å². The van der Waals surface area contributed by atoms with Crippen molar-refractivity contribution in [2.24, 2.45) is 5.10 Å². The SMILES string of the molecule is COc1cccc(/C=N/NC(=O)c2ccc(CSc3ccc(Cl)cc3)cc2)c1. The summed E-state index contributed by atoms with van der Waals surface area (Å²) < 4.78 is 5.16. The second kappa shape index (κ2) is 9.97. The lowest BCUT2D eigenvalue weighted by molar-refractivity contribution is 0.0955. The van der Waals surface area contributed by atoms with Crippen LogP contribution in [0, 0.1) is 0 Å². The van der Waals surface area contributed by atoms with E-state index in [2.05, 4.69) is 10.5 Å². The number of carbonyl (C=O) groups is 1. The van der Waals surface area contributed by atoms with Gasteiger partial charge in [0.2, 0.25) is 0 Å². The van der Waals surface area contributed by atoms with Crippen LogP contribution in [0.15, 0.2) is 82.8 Å². The molecule has 0 unspecified atom stereocenters. The normalized spacial score (nSPS) is 10.8. The highest BCUT2D eigenvalue weighted by molar-refractivity contribution is 7.98. The highest BCUT2D eigenvalue weighted by Crippen LogP contribution is 2.24. The minimum absolute atomic E-state index is 0.254. The van der Waals surface area contributed by atoms with Crippen molar-refractivity contribution in [3.8, 4) is 5.75 Å². The molecule has 0 atom stereocenters. The number of rotatable bonds is 7. The van der Waals surface area contributed by atoms with Gasteiger partial charge >= 0.3 is 0 Å². The van der Waals surface area contributed by atoms with Gasteiger partial charge in [0.05, 0.1) is 13.3 Å². The third-order valence-electron chi connectivity index (χ3n) is 3.91. The van der Waals surface area contributed by atoms with Crippen molar-refractivity contribution >= 4 is 35.5 Å². The van der Waals surface area contributed by atoms with Crippen molar-refractivity contribution in [2.45, 2.75) is 10.6 Å². The number of halogens is 1. The smallest absolute Gasteiger partial charge is 0.271 e. The highest BCUT2D eigenvalue weighted by atomic mass is 35.5. The summed E-state index contributed by atoms with van der Waals surface area (Å²) >= 11 is 7.62. The van der Waals surface area contributed by atoms with E-state index in [0.29, 0.717) is 5.56 Å². The summed E-state index contributed by atoms with van der Waals surface area (Å²) in [6.07, 6.45) is 1.58. The van der Waals surface area contributed by atoms with Crippen molar-refractivity contribution in [1.82, 2.24) is 5.43 Å². The number of hydrogen-bond donors (Lipinski definition) is 1. The molecule has 1 N–H and O–H groups in total. The minimum Gasteiger partial charge on any atom is -0.497 e. The Morgan fingerprint density at radius 3 is 2.57 bits per heavy atom. The van der Waals surface area contributed by atoms with E-state index in [4.69, 9.17) is 16.3 Å². The number of ether oxygens (including phenoxy) is 1. The lowest BCUT2D eigenvalue weighted by Gasteiger charge is -2.04. The largest absolute Gasteiger partial charge is 0.497 e. The van der Waals surface area contributed by atoms with Crippen molar-refractivity contribution in [3.05, 3.63) is 94.5 Å². The van der Waals surface area contributed by atoms with Crippen LogP contribution in [0.25, 0.3) is 0 Å². The molecule has 142 valence electrons. The lowest BCUT2D eigenvalue weighted by atomic mass is 10.1. The second-order valence-electron chi connectivity index (χ2n) is 5.92. The predicted molar refractivity (Wildman–Crippen MR) is 116 cm³/mol. The fourth-order valence-electron chi connectivity index (χ4n) is 2.40. The van der Waals surface area contributed by atoms with E-state index in [9.17, 15) is 4.79 Å². The zero-order chi connectivity index (χ0) is 19.8. The molecule has 0 aliphatic rings. The van der Waals surface area contributed by atoms with E-state index < -0.39 is 0 Å². The van der Waals surface area contributed by atoms with Gasteiger partial charge in [-0.15, -0.1) is 11.8 Å². The molecule has 4 nitrogen and oxygen atoms in total. The first kappa shape index (κ1) is 20.0. The first-order valence-corrected chi connectivity index (χ1v) is 9.95. The molecule has 0 aromatic heterocycles. The molecule has 0 heterocycles. The minimum atomic E-state index is -0.254. The lowest BCUT2D eigenvalue weighted by Crippen LogP contribution is -2.17. The Balaban J connectivity index is 1.52. The van der Waals surface area contributed by atoms with Crippen LogP contribution in [0.4, 0.5) is 0 Å². The van der Waals surface area contributed by atoms with Gasteiger partial charge < -0.3 is 4.74 Å². The monoisotopic (exact) mass is 410 g/mol. The quantitative estimate of drug-likeness (QED) is 0.322. The molecule has 0 saturated heterocycles.